The molecule has 4 nitrogen and oxygen atoms in total. The van der Waals surface area contributed by atoms with Crippen LogP contribution in [0.1, 0.15) is 42.6 Å². The second-order valence-electron chi connectivity index (χ2n) is 5.81. The number of aromatic nitrogens is 2. The maximum atomic E-state index is 12.2. The van der Waals surface area contributed by atoms with E-state index in [0.29, 0.717) is 16.6 Å². The van der Waals surface area contributed by atoms with Crippen LogP contribution in [0.25, 0.3) is 5.69 Å². The van der Waals surface area contributed by atoms with E-state index in [1.54, 1.807) is 23.0 Å². The fraction of sp³-hybridized carbons (Fsp3) is 0.412. The summed E-state index contributed by atoms with van der Waals surface area (Å²) in [5.41, 5.74) is 1.20. The second kappa shape index (κ2) is 6.97. The first-order chi connectivity index (χ1) is 10.7. The van der Waals surface area contributed by atoms with Crippen molar-refractivity contribution in [1.82, 2.24) is 15.1 Å². The van der Waals surface area contributed by atoms with Crippen LogP contribution < -0.4 is 5.32 Å². The Morgan fingerprint density at radius 1 is 1.23 bits per heavy atom. The number of halogens is 1. The van der Waals surface area contributed by atoms with E-state index in [0.717, 1.165) is 12.2 Å². The van der Waals surface area contributed by atoms with Gasteiger partial charge in [-0.2, -0.15) is 5.10 Å². The standard InChI is InChI=1S/C17H20ClN3O/c18-14-8-4-5-9-16(14)21-11-10-15(20-21)17(22)19-12-13-6-2-1-3-7-13/h4-5,8-11,13H,1-3,6-7,12H2,(H,19,22). The molecule has 1 aromatic heterocycles. The van der Waals surface area contributed by atoms with Gasteiger partial charge in [-0.3, -0.25) is 4.79 Å². The molecule has 1 aliphatic rings. The van der Waals surface area contributed by atoms with Gasteiger partial charge in [-0.1, -0.05) is 43.0 Å². The molecule has 2 aromatic rings. The molecule has 3 rings (SSSR count). The number of amides is 1. The molecule has 1 aliphatic carbocycles. The third-order valence-electron chi connectivity index (χ3n) is 4.20. The van der Waals surface area contributed by atoms with Crippen LogP contribution in [0.4, 0.5) is 0 Å². The van der Waals surface area contributed by atoms with E-state index in [9.17, 15) is 4.79 Å². The monoisotopic (exact) mass is 317 g/mol. The van der Waals surface area contributed by atoms with E-state index in [-0.39, 0.29) is 5.91 Å². The van der Waals surface area contributed by atoms with E-state index in [1.165, 1.54) is 32.1 Å². The molecular formula is C17H20ClN3O. The molecule has 0 radical (unpaired) electrons. The minimum Gasteiger partial charge on any atom is -0.350 e. The number of para-hydroxylation sites is 1. The molecule has 0 saturated heterocycles. The second-order valence-corrected chi connectivity index (χ2v) is 6.22. The smallest absolute Gasteiger partial charge is 0.271 e. The molecule has 0 aliphatic heterocycles. The summed E-state index contributed by atoms with van der Waals surface area (Å²) in [6.07, 6.45) is 8.08. The third-order valence-corrected chi connectivity index (χ3v) is 4.52. The Hall–Kier alpha value is -1.81. The highest BCUT2D eigenvalue weighted by atomic mass is 35.5. The predicted octanol–water partition coefficient (Wildman–Crippen LogP) is 3.84. The SMILES string of the molecule is O=C(NCC1CCCCC1)c1ccn(-c2ccccc2Cl)n1. The molecule has 0 spiro atoms. The molecule has 22 heavy (non-hydrogen) atoms. The van der Waals surface area contributed by atoms with Gasteiger partial charge in [-0.15, -0.1) is 0 Å². The van der Waals surface area contributed by atoms with E-state index < -0.39 is 0 Å². The highest BCUT2D eigenvalue weighted by Crippen LogP contribution is 2.23. The minimum absolute atomic E-state index is 0.114. The van der Waals surface area contributed by atoms with Crippen molar-refractivity contribution in [2.45, 2.75) is 32.1 Å². The van der Waals surface area contributed by atoms with Crippen LogP contribution in [0, 0.1) is 5.92 Å². The van der Waals surface area contributed by atoms with Crippen molar-refractivity contribution in [2.75, 3.05) is 6.54 Å². The summed E-state index contributed by atoms with van der Waals surface area (Å²) < 4.78 is 1.64. The van der Waals surface area contributed by atoms with E-state index in [2.05, 4.69) is 10.4 Å². The minimum atomic E-state index is -0.114. The zero-order chi connectivity index (χ0) is 15.4. The Bertz CT molecular complexity index is 647. The van der Waals surface area contributed by atoms with Crippen molar-refractivity contribution in [1.29, 1.82) is 0 Å². The van der Waals surface area contributed by atoms with Gasteiger partial charge >= 0.3 is 0 Å². The first-order valence-electron chi connectivity index (χ1n) is 7.83. The normalized spacial score (nSPS) is 15.7. The van der Waals surface area contributed by atoms with Gasteiger partial charge < -0.3 is 5.32 Å². The average molecular weight is 318 g/mol. The van der Waals surface area contributed by atoms with Crippen molar-refractivity contribution >= 4 is 17.5 Å². The molecule has 0 atom stereocenters. The summed E-state index contributed by atoms with van der Waals surface area (Å²) in [5, 5.41) is 7.94. The molecule has 5 heteroatoms. The zero-order valence-electron chi connectivity index (χ0n) is 12.5. The van der Waals surface area contributed by atoms with Gasteiger partial charge in [0, 0.05) is 12.7 Å². The fourth-order valence-electron chi connectivity index (χ4n) is 2.94. The van der Waals surface area contributed by atoms with Gasteiger partial charge in [0.1, 0.15) is 0 Å². The van der Waals surface area contributed by atoms with Crippen LogP contribution in [0.2, 0.25) is 5.02 Å². The average Bonchev–Trinajstić information content (AvgIpc) is 3.04. The summed E-state index contributed by atoms with van der Waals surface area (Å²) in [4.78, 5) is 12.2. The Kier molecular flexibility index (Phi) is 4.78. The van der Waals surface area contributed by atoms with Crippen LogP contribution in [-0.4, -0.2) is 22.2 Å². The molecule has 1 aromatic carbocycles. The summed E-state index contributed by atoms with van der Waals surface area (Å²) >= 11 is 6.15. The number of hydrogen-bond donors (Lipinski definition) is 1. The van der Waals surface area contributed by atoms with Gasteiger partial charge in [0.2, 0.25) is 0 Å². The predicted molar refractivity (Wildman–Crippen MR) is 87.5 cm³/mol. The maximum absolute atomic E-state index is 12.2. The van der Waals surface area contributed by atoms with Crippen molar-refractivity contribution in [3.8, 4) is 5.69 Å². The molecule has 0 bridgehead atoms. The molecule has 1 N–H and O–H groups in total. The lowest BCUT2D eigenvalue weighted by molar-refractivity contribution is 0.0938. The Balaban J connectivity index is 1.63. The molecule has 116 valence electrons. The fourth-order valence-corrected chi connectivity index (χ4v) is 3.16. The van der Waals surface area contributed by atoms with Crippen LogP contribution in [-0.2, 0) is 0 Å². The van der Waals surface area contributed by atoms with E-state index in [1.807, 2.05) is 18.2 Å². The van der Waals surface area contributed by atoms with E-state index >= 15 is 0 Å². The molecule has 1 fully saturated rings. The van der Waals surface area contributed by atoms with Gasteiger partial charge in [-0.05, 0) is 37.0 Å². The molecular weight excluding hydrogens is 298 g/mol. The lowest BCUT2D eigenvalue weighted by Crippen LogP contribution is -2.30. The van der Waals surface area contributed by atoms with Crippen LogP contribution in [0.5, 0.6) is 0 Å². The summed E-state index contributed by atoms with van der Waals surface area (Å²) in [7, 11) is 0. The largest absolute Gasteiger partial charge is 0.350 e. The quantitative estimate of drug-likeness (QED) is 0.931. The van der Waals surface area contributed by atoms with Crippen LogP contribution in [0.15, 0.2) is 36.5 Å². The lowest BCUT2D eigenvalue weighted by Gasteiger charge is -2.21. The van der Waals surface area contributed by atoms with Gasteiger partial charge in [0.15, 0.2) is 5.69 Å². The number of rotatable bonds is 4. The molecule has 1 saturated carbocycles. The van der Waals surface area contributed by atoms with Crippen molar-refractivity contribution in [2.24, 2.45) is 5.92 Å². The van der Waals surface area contributed by atoms with Crippen molar-refractivity contribution in [3.63, 3.8) is 0 Å². The lowest BCUT2D eigenvalue weighted by atomic mass is 9.89. The number of carbonyl (C=O) groups is 1. The number of hydrogen-bond acceptors (Lipinski definition) is 2. The molecule has 1 amide bonds. The topological polar surface area (TPSA) is 46.9 Å². The van der Waals surface area contributed by atoms with Crippen LogP contribution >= 0.6 is 11.6 Å². The maximum Gasteiger partial charge on any atom is 0.271 e. The summed E-state index contributed by atoms with van der Waals surface area (Å²) in [5.74, 6) is 0.500. The number of carbonyl (C=O) groups excluding carboxylic acids is 1. The van der Waals surface area contributed by atoms with Gasteiger partial charge in [-0.25, -0.2) is 4.68 Å². The van der Waals surface area contributed by atoms with Crippen LogP contribution in [0.3, 0.4) is 0 Å². The van der Waals surface area contributed by atoms with Crippen molar-refractivity contribution in [3.05, 3.63) is 47.2 Å². The third kappa shape index (κ3) is 3.50. The first-order valence-corrected chi connectivity index (χ1v) is 8.20. The highest BCUT2D eigenvalue weighted by Gasteiger charge is 2.16. The summed E-state index contributed by atoms with van der Waals surface area (Å²) in [6, 6.07) is 9.17. The van der Waals surface area contributed by atoms with Gasteiger partial charge in [0.25, 0.3) is 5.91 Å². The number of nitrogens with one attached hydrogen (secondary N) is 1. The highest BCUT2D eigenvalue weighted by molar-refractivity contribution is 6.32. The number of nitrogens with zero attached hydrogens (tertiary/aromatic N) is 2. The molecule has 1 heterocycles. The Morgan fingerprint density at radius 3 is 2.77 bits per heavy atom. The van der Waals surface area contributed by atoms with Crippen molar-refractivity contribution < 1.29 is 4.79 Å². The first kappa shape index (κ1) is 15.1. The Morgan fingerprint density at radius 2 is 2.00 bits per heavy atom. The summed E-state index contributed by atoms with van der Waals surface area (Å²) in [6.45, 7) is 0.748. The Labute approximate surface area is 135 Å². The zero-order valence-corrected chi connectivity index (χ0v) is 13.2. The van der Waals surface area contributed by atoms with Gasteiger partial charge in [0.05, 0.1) is 10.7 Å². The molecule has 0 unspecified atom stereocenters. The number of benzene rings is 1. The van der Waals surface area contributed by atoms with E-state index in [4.69, 9.17) is 11.6 Å².